The number of hydrogen-bond acceptors (Lipinski definition) is 3. The summed E-state index contributed by atoms with van der Waals surface area (Å²) in [7, 11) is 0. The Morgan fingerprint density at radius 1 is 1.07 bits per heavy atom. The standard InChI is InChI=1S/C20H13ClFN3O2/c21-13-5-3-6-14(11-13)25-18(12-17(24-25)19-9-4-10-27-19)20(26)23-16-8-2-1-7-15(16)22/h1-12H,(H,23,26). The molecule has 0 aliphatic carbocycles. The SMILES string of the molecule is O=C(Nc1ccccc1F)c1cc(-c2ccco2)nn1-c1cccc(Cl)c1. The Balaban J connectivity index is 1.78. The van der Waals surface area contributed by atoms with Gasteiger partial charge < -0.3 is 9.73 Å². The number of halogens is 2. The molecule has 7 heteroatoms. The number of hydrogen-bond donors (Lipinski definition) is 1. The number of rotatable bonds is 4. The van der Waals surface area contributed by atoms with Gasteiger partial charge in [0.15, 0.2) is 5.76 Å². The molecule has 27 heavy (non-hydrogen) atoms. The fraction of sp³-hybridized carbons (Fsp3) is 0. The molecule has 0 unspecified atom stereocenters. The Bertz CT molecular complexity index is 1110. The first kappa shape index (κ1) is 17.1. The van der Waals surface area contributed by atoms with Crippen molar-refractivity contribution in [2.45, 2.75) is 0 Å². The van der Waals surface area contributed by atoms with E-state index in [1.54, 1.807) is 54.6 Å². The zero-order chi connectivity index (χ0) is 18.8. The van der Waals surface area contributed by atoms with E-state index < -0.39 is 11.7 Å². The molecular formula is C20H13ClFN3O2. The molecule has 0 fully saturated rings. The maximum atomic E-state index is 13.9. The van der Waals surface area contributed by atoms with E-state index in [0.717, 1.165) is 0 Å². The topological polar surface area (TPSA) is 60.1 Å². The van der Waals surface area contributed by atoms with E-state index in [-0.39, 0.29) is 11.4 Å². The van der Waals surface area contributed by atoms with Crippen molar-refractivity contribution < 1.29 is 13.6 Å². The van der Waals surface area contributed by atoms with Gasteiger partial charge in [0.25, 0.3) is 5.91 Å². The molecule has 134 valence electrons. The van der Waals surface area contributed by atoms with Crippen LogP contribution in [0.25, 0.3) is 17.1 Å². The fourth-order valence-corrected chi connectivity index (χ4v) is 2.83. The smallest absolute Gasteiger partial charge is 0.274 e. The Morgan fingerprint density at radius 3 is 2.67 bits per heavy atom. The van der Waals surface area contributed by atoms with Crippen LogP contribution in [0.1, 0.15) is 10.5 Å². The molecule has 0 atom stereocenters. The molecule has 2 aromatic heterocycles. The molecule has 0 radical (unpaired) electrons. The largest absolute Gasteiger partial charge is 0.463 e. The van der Waals surface area contributed by atoms with Gasteiger partial charge in [-0.1, -0.05) is 29.8 Å². The highest BCUT2D eigenvalue weighted by Gasteiger charge is 2.20. The van der Waals surface area contributed by atoms with Crippen molar-refractivity contribution in [3.63, 3.8) is 0 Å². The zero-order valence-corrected chi connectivity index (χ0v) is 14.7. The number of nitrogens with one attached hydrogen (secondary N) is 1. The van der Waals surface area contributed by atoms with Crippen molar-refractivity contribution in [3.8, 4) is 17.1 Å². The van der Waals surface area contributed by atoms with E-state index in [1.165, 1.54) is 23.1 Å². The van der Waals surface area contributed by atoms with Gasteiger partial charge >= 0.3 is 0 Å². The summed E-state index contributed by atoms with van der Waals surface area (Å²) in [5.41, 5.74) is 1.37. The lowest BCUT2D eigenvalue weighted by Gasteiger charge is -2.09. The van der Waals surface area contributed by atoms with E-state index >= 15 is 0 Å². The van der Waals surface area contributed by atoms with Gasteiger partial charge in [-0.25, -0.2) is 9.07 Å². The van der Waals surface area contributed by atoms with Gasteiger partial charge in [0, 0.05) is 11.1 Å². The monoisotopic (exact) mass is 381 g/mol. The summed E-state index contributed by atoms with van der Waals surface area (Å²) >= 11 is 6.07. The van der Waals surface area contributed by atoms with Crippen molar-refractivity contribution in [1.29, 1.82) is 0 Å². The van der Waals surface area contributed by atoms with E-state index in [2.05, 4.69) is 10.4 Å². The maximum absolute atomic E-state index is 13.9. The van der Waals surface area contributed by atoms with Gasteiger partial charge in [0.2, 0.25) is 0 Å². The molecule has 2 aromatic carbocycles. The summed E-state index contributed by atoms with van der Waals surface area (Å²) in [6.07, 6.45) is 1.52. The van der Waals surface area contributed by atoms with E-state index in [4.69, 9.17) is 16.0 Å². The number of benzene rings is 2. The quantitative estimate of drug-likeness (QED) is 0.530. The number of para-hydroxylation sites is 1. The normalized spacial score (nSPS) is 10.7. The van der Waals surface area contributed by atoms with Crippen LogP contribution in [0.5, 0.6) is 0 Å². The minimum atomic E-state index is -0.522. The van der Waals surface area contributed by atoms with Crippen LogP contribution in [-0.2, 0) is 0 Å². The Labute approximate surface area is 159 Å². The molecule has 4 aromatic rings. The third-order valence-corrected chi connectivity index (χ3v) is 4.13. The first-order valence-corrected chi connectivity index (χ1v) is 8.45. The number of nitrogens with zero attached hydrogens (tertiary/aromatic N) is 2. The fourth-order valence-electron chi connectivity index (χ4n) is 2.64. The van der Waals surface area contributed by atoms with Crippen LogP contribution in [0.15, 0.2) is 77.4 Å². The molecule has 5 nitrogen and oxygen atoms in total. The Kier molecular flexibility index (Phi) is 4.48. The molecule has 2 heterocycles. The molecule has 1 amide bonds. The van der Waals surface area contributed by atoms with Crippen molar-refractivity contribution in [3.05, 3.63) is 89.5 Å². The second-order valence-corrected chi connectivity index (χ2v) is 6.15. The lowest BCUT2D eigenvalue weighted by molar-refractivity contribution is 0.101. The van der Waals surface area contributed by atoms with Gasteiger partial charge in [-0.3, -0.25) is 4.79 Å². The number of aromatic nitrogens is 2. The zero-order valence-electron chi connectivity index (χ0n) is 13.9. The lowest BCUT2D eigenvalue weighted by Crippen LogP contribution is -2.17. The van der Waals surface area contributed by atoms with Crippen molar-refractivity contribution >= 4 is 23.2 Å². The third kappa shape index (κ3) is 3.47. The van der Waals surface area contributed by atoms with Crippen molar-refractivity contribution in [1.82, 2.24) is 9.78 Å². The van der Waals surface area contributed by atoms with Crippen molar-refractivity contribution in [2.24, 2.45) is 0 Å². The second kappa shape index (κ2) is 7.09. The van der Waals surface area contributed by atoms with Gasteiger partial charge in [-0.05, 0) is 42.5 Å². The summed E-state index contributed by atoms with van der Waals surface area (Å²) in [4.78, 5) is 12.8. The van der Waals surface area contributed by atoms with Crippen LogP contribution < -0.4 is 5.32 Å². The van der Waals surface area contributed by atoms with Crippen LogP contribution in [0.3, 0.4) is 0 Å². The molecule has 0 bridgehead atoms. The van der Waals surface area contributed by atoms with E-state index in [9.17, 15) is 9.18 Å². The van der Waals surface area contributed by atoms with Gasteiger partial charge in [0.1, 0.15) is 17.2 Å². The summed E-state index contributed by atoms with van der Waals surface area (Å²) < 4.78 is 20.7. The molecular weight excluding hydrogens is 369 g/mol. The minimum Gasteiger partial charge on any atom is -0.463 e. The van der Waals surface area contributed by atoms with Crippen LogP contribution in [0, 0.1) is 5.82 Å². The number of anilines is 1. The number of carbonyl (C=O) groups is 1. The summed E-state index contributed by atoms with van der Waals surface area (Å²) in [6, 6.07) is 17.9. The first-order valence-electron chi connectivity index (χ1n) is 8.07. The number of amides is 1. The summed E-state index contributed by atoms with van der Waals surface area (Å²) in [5, 5.41) is 7.53. The highest BCUT2D eigenvalue weighted by atomic mass is 35.5. The Morgan fingerprint density at radius 2 is 1.93 bits per heavy atom. The number of carbonyl (C=O) groups excluding carboxylic acids is 1. The molecule has 4 rings (SSSR count). The van der Waals surface area contributed by atoms with Crippen LogP contribution in [0.2, 0.25) is 5.02 Å². The van der Waals surface area contributed by atoms with E-state index in [1.807, 2.05) is 0 Å². The molecule has 0 saturated heterocycles. The third-order valence-electron chi connectivity index (χ3n) is 3.89. The molecule has 0 aliphatic heterocycles. The highest BCUT2D eigenvalue weighted by Crippen LogP contribution is 2.24. The predicted octanol–water partition coefficient (Wildman–Crippen LogP) is 5.18. The van der Waals surface area contributed by atoms with Gasteiger partial charge in [-0.2, -0.15) is 5.10 Å². The first-order chi connectivity index (χ1) is 13.1. The minimum absolute atomic E-state index is 0.0842. The molecule has 0 saturated carbocycles. The summed E-state index contributed by atoms with van der Waals surface area (Å²) in [6.45, 7) is 0. The highest BCUT2D eigenvalue weighted by molar-refractivity contribution is 6.30. The lowest BCUT2D eigenvalue weighted by atomic mass is 10.2. The average Bonchev–Trinajstić information content (AvgIpc) is 3.33. The molecule has 0 aliphatic rings. The number of furan rings is 1. The van der Waals surface area contributed by atoms with E-state index in [0.29, 0.717) is 22.2 Å². The maximum Gasteiger partial charge on any atom is 0.274 e. The molecule has 0 spiro atoms. The summed E-state index contributed by atoms with van der Waals surface area (Å²) in [5.74, 6) is -0.521. The second-order valence-electron chi connectivity index (χ2n) is 5.72. The van der Waals surface area contributed by atoms with Crippen LogP contribution in [-0.4, -0.2) is 15.7 Å². The van der Waals surface area contributed by atoms with Gasteiger partial charge in [-0.15, -0.1) is 0 Å². The molecule has 1 N–H and O–H groups in total. The average molecular weight is 382 g/mol. The van der Waals surface area contributed by atoms with Gasteiger partial charge in [0.05, 0.1) is 17.6 Å². The van der Waals surface area contributed by atoms with Crippen molar-refractivity contribution in [2.75, 3.05) is 5.32 Å². The van der Waals surface area contributed by atoms with Crippen LogP contribution >= 0.6 is 11.6 Å². The Hall–Kier alpha value is -3.38. The van der Waals surface area contributed by atoms with Crippen LogP contribution in [0.4, 0.5) is 10.1 Å². The predicted molar refractivity (Wildman–Crippen MR) is 101 cm³/mol.